The van der Waals surface area contributed by atoms with Gasteiger partial charge >= 0.3 is 5.97 Å². The Bertz CT molecular complexity index is 2030. The quantitative estimate of drug-likeness (QED) is 0.206. The lowest BCUT2D eigenvalue weighted by molar-refractivity contribution is -0.147. The van der Waals surface area contributed by atoms with Crippen molar-refractivity contribution >= 4 is 41.0 Å². The molecule has 2 atom stereocenters. The summed E-state index contributed by atoms with van der Waals surface area (Å²) in [5, 5.41) is 31.6. The van der Waals surface area contributed by atoms with Gasteiger partial charge in [-0.2, -0.15) is 22.8 Å². The number of ether oxygens (including phenoxy) is 2. The number of rotatable bonds is 10. The number of sulfonamides is 1. The van der Waals surface area contributed by atoms with Crippen LogP contribution in [-0.4, -0.2) is 86.5 Å². The molecule has 0 bridgehead atoms. The SMILES string of the molecule is Cc1ccc([C@H](c2ccn3c(C)nnc3c2C)C(C)(C)C(=O)O)cc1CN1CC2(CCOCC2)Oc2nc(N[C@@H](C)CCO)ccc2S1(=O)=O.S. The van der Waals surface area contributed by atoms with Crippen LogP contribution in [0.1, 0.15) is 79.6 Å². The number of nitrogens with one attached hydrogen (secondary N) is 1. The highest BCUT2D eigenvalue weighted by Crippen LogP contribution is 2.44. The van der Waals surface area contributed by atoms with E-state index in [2.05, 4.69) is 20.5 Å². The standard InChI is InChI=1S/C36H46N6O7S.H2S/c1-22-7-8-26(31(35(5,6)34(44)45)28-11-15-42-25(4)39-40-32(42)24(28)3)19-27(22)20-41-21-36(13-17-48-18-14-36)49-33-29(50(41,46)47)9-10-30(38-33)37-23(2)12-16-43;/h7-11,15,19,23,31,43H,12-14,16-18,20-21H2,1-6H3,(H,37,38)(H,44,45);1H2/t23-,31+;/m0./s1. The minimum Gasteiger partial charge on any atom is -0.481 e. The predicted molar refractivity (Wildman–Crippen MR) is 197 cm³/mol. The third kappa shape index (κ3) is 7.31. The summed E-state index contributed by atoms with van der Waals surface area (Å²) in [6.07, 6.45) is 3.33. The number of pyridine rings is 2. The first-order valence-corrected chi connectivity index (χ1v) is 18.4. The van der Waals surface area contributed by atoms with Gasteiger partial charge in [0.25, 0.3) is 0 Å². The van der Waals surface area contributed by atoms with E-state index < -0.39 is 32.9 Å². The summed E-state index contributed by atoms with van der Waals surface area (Å²) in [4.78, 5) is 17.4. The Morgan fingerprint density at radius 2 is 1.82 bits per heavy atom. The van der Waals surface area contributed by atoms with Crippen molar-refractivity contribution in [2.75, 3.05) is 31.7 Å². The van der Waals surface area contributed by atoms with E-state index in [1.54, 1.807) is 19.9 Å². The molecule has 4 aromatic rings. The topological polar surface area (TPSA) is 168 Å². The Morgan fingerprint density at radius 3 is 2.51 bits per heavy atom. The number of carbonyl (C=O) groups is 1. The van der Waals surface area contributed by atoms with Crippen molar-refractivity contribution < 1.29 is 32.9 Å². The van der Waals surface area contributed by atoms with Crippen LogP contribution in [-0.2, 0) is 26.1 Å². The van der Waals surface area contributed by atoms with E-state index >= 15 is 0 Å². The molecule has 0 radical (unpaired) electrons. The second kappa shape index (κ2) is 14.7. The minimum atomic E-state index is -4.10. The molecule has 15 heteroatoms. The van der Waals surface area contributed by atoms with Crippen molar-refractivity contribution in [1.29, 1.82) is 0 Å². The number of aliphatic carboxylic acids is 1. The fourth-order valence-corrected chi connectivity index (χ4v) is 8.63. The molecular weight excluding hydrogens is 693 g/mol. The number of benzene rings is 1. The predicted octanol–water partition coefficient (Wildman–Crippen LogP) is 4.72. The Labute approximate surface area is 305 Å². The lowest BCUT2D eigenvalue weighted by Crippen LogP contribution is -2.50. The summed E-state index contributed by atoms with van der Waals surface area (Å²) in [5.74, 6) is -0.318. The van der Waals surface area contributed by atoms with Crippen LogP contribution in [0.25, 0.3) is 5.65 Å². The zero-order valence-corrected chi connectivity index (χ0v) is 31.7. The molecule has 51 heavy (non-hydrogen) atoms. The number of aliphatic hydroxyl groups is 1. The first-order valence-electron chi connectivity index (χ1n) is 17.0. The number of anilines is 1. The summed E-state index contributed by atoms with van der Waals surface area (Å²) in [6.45, 7) is 12.0. The smallest absolute Gasteiger partial charge is 0.310 e. The lowest BCUT2D eigenvalue weighted by Gasteiger charge is -2.38. The second-order valence-corrected chi connectivity index (χ2v) is 16.1. The molecule has 6 rings (SSSR count). The molecule has 0 saturated carbocycles. The molecule has 1 aromatic carbocycles. The van der Waals surface area contributed by atoms with E-state index in [-0.39, 0.29) is 50.0 Å². The third-order valence-electron chi connectivity index (χ3n) is 10.3. The Morgan fingerprint density at radius 1 is 1.10 bits per heavy atom. The van der Waals surface area contributed by atoms with Gasteiger partial charge in [0.15, 0.2) is 5.65 Å². The van der Waals surface area contributed by atoms with Gasteiger partial charge in [0, 0.05) is 44.1 Å². The summed E-state index contributed by atoms with van der Waals surface area (Å²) < 4.78 is 44.6. The molecule has 1 fully saturated rings. The number of aryl methyl sites for hydroxylation is 3. The molecular formula is C36H48N6O7S2. The summed E-state index contributed by atoms with van der Waals surface area (Å²) in [7, 11) is -4.10. The van der Waals surface area contributed by atoms with E-state index in [1.165, 1.54) is 10.4 Å². The van der Waals surface area contributed by atoms with E-state index in [1.807, 2.05) is 62.6 Å². The summed E-state index contributed by atoms with van der Waals surface area (Å²) >= 11 is 0. The van der Waals surface area contributed by atoms with Gasteiger partial charge in [0.2, 0.25) is 15.9 Å². The largest absolute Gasteiger partial charge is 0.481 e. The molecule has 2 aliphatic heterocycles. The average Bonchev–Trinajstić information content (AvgIpc) is 3.41. The highest BCUT2D eigenvalue weighted by atomic mass is 32.2. The van der Waals surface area contributed by atoms with E-state index in [0.29, 0.717) is 43.9 Å². The number of aliphatic hydroxyl groups excluding tert-OH is 1. The number of fused-ring (bicyclic) bond motifs is 2. The van der Waals surface area contributed by atoms with Crippen LogP contribution in [0.5, 0.6) is 5.88 Å². The van der Waals surface area contributed by atoms with Crippen molar-refractivity contribution in [2.45, 2.75) is 89.8 Å². The average molecular weight is 741 g/mol. The van der Waals surface area contributed by atoms with Crippen LogP contribution < -0.4 is 10.1 Å². The number of carboxylic acids is 1. The molecule has 5 heterocycles. The second-order valence-electron chi connectivity index (χ2n) is 14.2. The normalized spacial score (nSPS) is 18.3. The van der Waals surface area contributed by atoms with Crippen LogP contribution in [0.2, 0.25) is 0 Å². The number of hydrogen-bond acceptors (Lipinski definition) is 10. The molecule has 1 saturated heterocycles. The highest BCUT2D eigenvalue weighted by molar-refractivity contribution is 7.89. The van der Waals surface area contributed by atoms with E-state index in [0.717, 1.165) is 33.6 Å². The third-order valence-corrected chi connectivity index (χ3v) is 12.1. The van der Waals surface area contributed by atoms with Crippen LogP contribution in [0.3, 0.4) is 0 Å². The molecule has 3 N–H and O–H groups in total. The fraction of sp³-hybridized carbons (Fsp3) is 0.500. The van der Waals surface area contributed by atoms with Gasteiger partial charge in [-0.3, -0.25) is 9.20 Å². The first-order chi connectivity index (χ1) is 23.7. The van der Waals surface area contributed by atoms with Crippen molar-refractivity contribution in [1.82, 2.24) is 23.9 Å². The molecule has 0 unspecified atom stereocenters. The Balaban J connectivity index is 0.00000504. The van der Waals surface area contributed by atoms with Gasteiger partial charge < -0.3 is 25.0 Å². The molecule has 3 aromatic heterocycles. The number of nitrogens with zero attached hydrogens (tertiary/aromatic N) is 5. The number of hydrogen-bond donors (Lipinski definition) is 3. The maximum atomic E-state index is 14.5. The zero-order valence-electron chi connectivity index (χ0n) is 29.9. The molecule has 13 nitrogen and oxygen atoms in total. The summed E-state index contributed by atoms with van der Waals surface area (Å²) in [6, 6.07) is 10.8. The van der Waals surface area contributed by atoms with Gasteiger partial charge in [-0.1, -0.05) is 18.2 Å². The first kappa shape index (κ1) is 38.5. The van der Waals surface area contributed by atoms with Crippen molar-refractivity contribution in [2.24, 2.45) is 5.41 Å². The van der Waals surface area contributed by atoms with Gasteiger partial charge in [-0.25, -0.2) is 8.42 Å². The number of aromatic nitrogens is 4. The Hall–Kier alpha value is -3.76. The maximum Gasteiger partial charge on any atom is 0.310 e. The van der Waals surface area contributed by atoms with E-state index in [4.69, 9.17) is 9.47 Å². The van der Waals surface area contributed by atoms with Gasteiger partial charge in [-0.05, 0) is 94.0 Å². The number of carboxylic acid groups (broad SMARTS) is 1. The van der Waals surface area contributed by atoms with Crippen molar-refractivity contribution in [3.05, 3.63) is 76.2 Å². The van der Waals surface area contributed by atoms with E-state index in [9.17, 15) is 23.4 Å². The van der Waals surface area contributed by atoms with Gasteiger partial charge in [0.05, 0.1) is 25.2 Å². The highest BCUT2D eigenvalue weighted by Gasteiger charge is 2.46. The molecule has 2 aliphatic rings. The zero-order chi connectivity index (χ0) is 36.0. The Kier molecular flexibility index (Phi) is 11.1. The lowest BCUT2D eigenvalue weighted by atomic mass is 9.70. The van der Waals surface area contributed by atoms with Gasteiger partial charge in [-0.15, -0.1) is 10.2 Å². The fourth-order valence-electron chi connectivity index (χ4n) is 7.09. The monoisotopic (exact) mass is 740 g/mol. The van der Waals surface area contributed by atoms with Crippen molar-refractivity contribution in [3.63, 3.8) is 0 Å². The van der Waals surface area contributed by atoms with Crippen LogP contribution in [0.15, 0.2) is 47.5 Å². The molecule has 1 spiro atoms. The van der Waals surface area contributed by atoms with Gasteiger partial charge in [0.1, 0.15) is 22.1 Å². The molecule has 276 valence electrons. The summed E-state index contributed by atoms with van der Waals surface area (Å²) in [5.41, 5.74) is 2.58. The van der Waals surface area contributed by atoms with Crippen LogP contribution >= 0.6 is 13.5 Å². The van der Waals surface area contributed by atoms with Crippen LogP contribution in [0, 0.1) is 26.2 Å². The maximum absolute atomic E-state index is 14.5. The molecule has 0 amide bonds. The van der Waals surface area contributed by atoms with Crippen LogP contribution in [0.4, 0.5) is 5.82 Å². The molecule has 0 aliphatic carbocycles. The van der Waals surface area contributed by atoms with Crippen molar-refractivity contribution in [3.8, 4) is 5.88 Å². The minimum absolute atomic E-state index is 0.